The van der Waals surface area contributed by atoms with Crippen LogP contribution in [-0.4, -0.2) is 69.6 Å². The summed E-state index contributed by atoms with van der Waals surface area (Å²) in [5.74, 6) is -0.0683. The maximum atomic E-state index is 13.1. The number of aryl methyl sites for hydroxylation is 1. The molecule has 3 heterocycles. The maximum absolute atomic E-state index is 13.1. The molecule has 8 heteroatoms. The number of hydrogen-bond donors (Lipinski definition) is 0. The Balaban J connectivity index is 1.82. The topological polar surface area (TPSA) is 75.6 Å². The van der Waals surface area contributed by atoms with Crippen LogP contribution < -0.4 is 0 Å². The number of aromatic nitrogens is 2. The van der Waals surface area contributed by atoms with Crippen LogP contribution in [0.3, 0.4) is 0 Å². The van der Waals surface area contributed by atoms with Crippen LogP contribution >= 0.6 is 11.5 Å². The molecule has 0 N–H and O–H groups in total. The van der Waals surface area contributed by atoms with Crippen LogP contribution in [0.15, 0.2) is 0 Å². The molecule has 0 saturated carbocycles. The minimum atomic E-state index is -0.776. The van der Waals surface area contributed by atoms with Gasteiger partial charge in [0.15, 0.2) is 0 Å². The van der Waals surface area contributed by atoms with E-state index >= 15 is 0 Å². The van der Waals surface area contributed by atoms with Gasteiger partial charge in [0.2, 0.25) is 5.91 Å². The predicted octanol–water partition coefficient (Wildman–Crippen LogP) is 1.34. The zero-order valence-corrected chi connectivity index (χ0v) is 15.1. The van der Waals surface area contributed by atoms with Gasteiger partial charge in [-0.15, -0.1) is 5.10 Å². The molecule has 1 aromatic heterocycles. The first-order chi connectivity index (χ1) is 11.6. The highest BCUT2D eigenvalue weighted by molar-refractivity contribution is 7.08. The minimum Gasteiger partial charge on any atom is -0.378 e. The van der Waals surface area contributed by atoms with Crippen molar-refractivity contribution in [3.8, 4) is 0 Å². The Morgan fingerprint density at radius 3 is 2.75 bits per heavy atom. The molecule has 2 fully saturated rings. The quantitative estimate of drug-likeness (QED) is 0.817. The molecule has 0 aliphatic carbocycles. The standard InChI is InChI=1S/C16H24N4O3S/c1-3-5-12-13(24-18-17-12)14(21)20-7-4-6-16(20,2)15(22)19-8-10-23-11-9-19/h3-11H2,1-2H3/t16-/m0/s1. The van der Waals surface area contributed by atoms with Gasteiger partial charge >= 0.3 is 0 Å². The summed E-state index contributed by atoms with van der Waals surface area (Å²) in [4.78, 5) is 30.3. The number of amides is 2. The Hall–Kier alpha value is -1.54. The molecule has 0 bridgehead atoms. The number of hydrogen-bond acceptors (Lipinski definition) is 6. The van der Waals surface area contributed by atoms with Crippen LogP contribution in [0.5, 0.6) is 0 Å². The van der Waals surface area contributed by atoms with Crippen molar-refractivity contribution in [2.24, 2.45) is 0 Å². The lowest BCUT2D eigenvalue weighted by molar-refractivity contribution is -0.144. The summed E-state index contributed by atoms with van der Waals surface area (Å²) in [6, 6.07) is 0. The molecule has 2 amide bonds. The lowest BCUT2D eigenvalue weighted by Crippen LogP contribution is -2.58. The molecule has 0 spiro atoms. The van der Waals surface area contributed by atoms with Crippen molar-refractivity contribution in [3.05, 3.63) is 10.6 Å². The highest BCUT2D eigenvalue weighted by Crippen LogP contribution is 2.33. The molecule has 0 aromatic carbocycles. The van der Waals surface area contributed by atoms with Gasteiger partial charge < -0.3 is 14.5 Å². The number of ether oxygens (including phenoxy) is 1. The second-order valence-electron chi connectivity index (χ2n) is 6.54. The Morgan fingerprint density at radius 2 is 2.04 bits per heavy atom. The van der Waals surface area contributed by atoms with E-state index in [-0.39, 0.29) is 11.8 Å². The van der Waals surface area contributed by atoms with Crippen molar-refractivity contribution >= 4 is 23.3 Å². The van der Waals surface area contributed by atoms with E-state index in [1.807, 2.05) is 11.8 Å². The second kappa shape index (κ2) is 7.14. The molecule has 3 rings (SSSR count). The average molecular weight is 352 g/mol. The molecule has 0 unspecified atom stereocenters. The Bertz CT molecular complexity index is 614. The van der Waals surface area contributed by atoms with Crippen LogP contribution in [0.4, 0.5) is 0 Å². The number of nitrogens with zero attached hydrogens (tertiary/aromatic N) is 4. The van der Waals surface area contributed by atoms with E-state index in [4.69, 9.17) is 4.74 Å². The maximum Gasteiger partial charge on any atom is 0.268 e. The molecular weight excluding hydrogens is 328 g/mol. The molecule has 7 nitrogen and oxygen atoms in total. The highest BCUT2D eigenvalue weighted by atomic mass is 32.1. The highest BCUT2D eigenvalue weighted by Gasteiger charge is 2.48. The summed E-state index contributed by atoms with van der Waals surface area (Å²) in [5.41, 5.74) is -0.0254. The normalized spacial score (nSPS) is 24.4. The third-order valence-electron chi connectivity index (χ3n) is 4.88. The molecule has 1 aromatic rings. The second-order valence-corrected chi connectivity index (χ2v) is 7.29. The number of rotatable bonds is 4. The lowest BCUT2D eigenvalue weighted by Gasteiger charge is -2.39. The van der Waals surface area contributed by atoms with Gasteiger partial charge in [-0.2, -0.15) is 0 Å². The summed E-state index contributed by atoms with van der Waals surface area (Å²) in [6.07, 6.45) is 3.19. The van der Waals surface area contributed by atoms with Crippen molar-refractivity contribution in [3.63, 3.8) is 0 Å². The molecule has 24 heavy (non-hydrogen) atoms. The lowest BCUT2D eigenvalue weighted by atomic mass is 9.96. The van der Waals surface area contributed by atoms with Crippen LogP contribution in [-0.2, 0) is 16.0 Å². The fraction of sp³-hybridized carbons (Fsp3) is 0.750. The van der Waals surface area contributed by atoms with Crippen molar-refractivity contribution < 1.29 is 14.3 Å². The van der Waals surface area contributed by atoms with E-state index in [0.29, 0.717) is 44.1 Å². The van der Waals surface area contributed by atoms with Gasteiger partial charge in [0, 0.05) is 19.6 Å². The summed E-state index contributed by atoms with van der Waals surface area (Å²) >= 11 is 1.14. The predicted molar refractivity (Wildman–Crippen MR) is 90.0 cm³/mol. The largest absolute Gasteiger partial charge is 0.378 e. The minimum absolute atomic E-state index is 0.0335. The monoisotopic (exact) mass is 352 g/mol. The first-order valence-corrected chi connectivity index (χ1v) is 9.35. The number of carbonyl (C=O) groups is 2. The molecule has 132 valence electrons. The first-order valence-electron chi connectivity index (χ1n) is 8.58. The zero-order valence-electron chi connectivity index (χ0n) is 14.3. The van der Waals surface area contributed by atoms with Gasteiger partial charge in [-0.1, -0.05) is 17.8 Å². The van der Waals surface area contributed by atoms with Crippen molar-refractivity contribution in [2.75, 3.05) is 32.8 Å². The smallest absolute Gasteiger partial charge is 0.268 e. The van der Waals surface area contributed by atoms with E-state index in [2.05, 4.69) is 16.5 Å². The molecule has 1 atom stereocenters. The van der Waals surface area contributed by atoms with E-state index in [0.717, 1.165) is 36.5 Å². The Labute approximate surface area is 146 Å². The van der Waals surface area contributed by atoms with E-state index < -0.39 is 5.54 Å². The summed E-state index contributed by atoms with van der Waals surface area (Å²) < 4.78 is 9.28. The third-order valence-corrected chi connectivity index (χ3v) is 5.64. The molecular formula is C16H24N4O3S. The third kappa shape index (κ3) is 3.04. The number of likely N-dealkylation sites (tertiary alicyclic amines) is 1. The van der Waals surface area contributed by atoms with Crippen LogP contribution in [0.1, 0.15) is 48.5 Å². The van der Waals surface area contributed by atoms with Crippen molar-refractivity contribution in [1.29, 1.82) is 0 Å². The van der Waals surface area contributed by atoms with Crippen LogP contribution in [0.25, 0.3) is 0 Å². The Morgan fingerprint density at radius 1 is 1.29 bits per heavy atom. The zero-order chi connectivity index (χ0) is 17.2. The number of carbonyl (C=O) groups excluding carboxylic acids is 2. The van der Waals surface area contributed by atoms with Crippen LogP contribution in [0, 0.1) is 0 Å². The van der Waals surface area contributed by atoms with E-state index in [9.17, 15) is 9.59 Å². The van der Waals surface area contributed by atoms with E-state index in [1.54, 1.807) is 4.90 Å². The van der Waals surface area contributed by atoms with Gasteiger partial charge in [-0.05, 0) is 37.7 Å². The van der Waals surface area contributed by atoms with E-state index in [1.165, 1.54) is 0 Å². The molecule has 0 radical (unpaired) electrons. The van der Waals surface area contributed by atoms with Gasteiger partial charge in [0.1, 0.15) is 10.4 Å². The van der Waals surface area contributed by atoms with Crippen molar-refractivity contribution in [2.45, 2.75) is 45.1 Å². The summed E-state index contributed by atoms with van der Waals surface area (Å²) in [7, 11) is 0. The Kier molecular flexibility index (Phi) is 5.15. The molecule has 2 aliphatic heterocycles. The SMILES string of the molecule is CCCc1nnsc1C(=O)N1CCC[C@@]1(C)C(=O)N1CCOCC1. The summed E-state index contributed by atoms with van der Waals surface area (Å²) in [5, 5.41) is 4.09. The van der Waals surface area contributed by atoms with Crippen molar-refractivity contribution in [1.82, 2.24) is 19.4 Å². The van der Waals surface area contributed by atoms with Gasteiger partial charge in [-0.25, -0.2) is 0 Å². The fourth-order valence-electron chi connectivity index (χ4n) is 3.51. The summed E-state index contributed by atoms with van der Waals surface area (Å²) in [6.45, 7) is 6.87. The molecule has 2 aliphatic rings. The van der Waals surface area contributed by atoms with Gasteiger partial charge in [0.25, 0.3) is 5.91 Å². The first kappa shape index (κ1) is 17.3. The fourth-order valence-corrected chi connectivity index (χ4v) is 4.17. The van der Waals surface area contributed by atoms with Gasteiger partial charge in [0.05, 0.1) is 18.9 Å². The average Bonchev–Trinajstić information content (AvgIpc) is 3.22. The van der Waals surface area contributed by atoms with Gasteiger partial charge in [-0.3, -0.25) is 9.59 Å². The number of morpholine rings is 1. The van der Waals surface area contributed by atoms with Crippen LogP contribution in [0.2, 0.25) is 0 Å². The molecule has 2 saturated heterocycles.